The van der Waals surface area contributed by atoms with Crippen molar-refractivity contribution in [3.63, 3.8) is 0 Å². The summed E-state index contributed by atoms with van der Waals surface area (Å²) in [7, 11) is 0. The largest absolute Gasteiger partial charge is 0.396 e. The van der Waals surface area contributed by atoms with Crippen molar-refractivity contribution >= 4 is 17.4 Å². The number of aliphatic hydroxyl groups excluding tert-OH is 1. The minimum atomic E-state index is -0.150. The fourth-order valence-electron chi connectivity index (χ4n) is 2.10. The molecule has 0 spiro atoms. The van der Waals surface area contributed by atoms with Crippen LogP contribution in [-0.4, -0.2) is 29.3 Å². The summed E-state index contributed by atoms with van der Waals surface area (Å²) in [6.45, 7) is 4.75. The van der Waals surface area contributed by atoms with Crippen molar-refractivity contribution in [3.05, 3.63) is 16.6 Å². The molecule has 0 aromatic carbocycles. The van der Waals surface area contributed by atoms with Gasteiger partial charge in [-0.05, 0) is 30.6 Å². The van der Waals surface area contributed by atoms with Crippen LogP contribution in [0.3, 0.4) is 0 Å². The Balaban J connectivity index is 1.83. The van der Waals surface area contributed by atoms with Crippen LogP contribution in [0.25, 0.3) is 0 Å². The molecule has 2 amide bonds. The standard InChI is InChI=1S/C14H23N3O2S/c1-14(2,5-7-18)9-16-13(19)17-11(10-3-4-10)12-15-6-8-20-12/h6,8,10-11,18H,3-5,7,9H2,1-2H3,(H2,16,17,19). The van der Waals surface area contributed by atoms with Gasteiger partial charge in [0, 0.05) is 24.7 Å². The van der Waals surface area contributed by atoms with Crippen LogP contribution in [-0.2, 0) is 0 Å². The van der Waals surface area contributed by atoms with Gasteiger partial charge >= 0.3 is 6.03 Å². The van der Waals surface area contributed by atoms with Crippen molar-refractivity contribution < 1.29 is 9.90 Å². The Hall–Kier alpha value is -1.14. The van der Waals surface area contributed by atoms with Gasteiger partial charge in [0.05, 0.1) is 6.04 Å². The van der Waals surface area contributed by atoms with Crippen LogP contribution in [0.2, 0.25) is 0 Å². The number of amides is 2. The number of nitrogens with zero attached hydrogens (tertiary/aromatic N) is 1. The Labute approximate surface area is 123 Å². The monoisotopic (exact) mass is 297 g/mol. The molecule has 5 nitrogen and oxygen atoms in total. The predicted octanol–water partition coefficient (Wildman–Crippen LogP) is 2.30. The molecule has 6 heteroatoms. The Morgan fingerprint density at radius 1 is 1.60 bits per heavy atom. The second-order valence-electron chi connectivity index (χ2n) is 6.15. The van der Waals surface area contributed by atoms with Gasteiger partial charge in [-0.15, -0.1) is 11.3 Å². The molecule has 1 saturated carbocycles. The molecule has 0 radical (unpaired) electrons. The molecule has 112 valence electrons. The van der Waals surface area contributed by atoms with Crippen molar-refractivity contribution in [1.82, 2.24) is 15.6 Å². The molecule has 1 fully saturated rings. The van der Waals surface area contributed by atoms with Crippen molar-refractivity contribution in [1.29, 1.82) is 0 Å². The first-order chi connectivity index (χ1) is 9.52. The van der Waals surface area contributed by atoms with Crippen LogP contribution in [0.5, 0.6) is 0 Å². The summed E-state index contributed by atoms with van der Waals surface area (Å²) in [5.41, 5.74) is -0.0949. The van der Waals surface area contributed by atoms with Crippen LogP contribution in [0.4, 0.5) is 4.79 Å². The van der Waals surface area contributed by atoms with E-state index in [1.54, 1.807) is 17.5 Å². The van der Waals surface area contributed by atoms with Crippen LogP contribution in [0, 0.1) is 11.3 Å². The first kappa shape index (κ1) is 15.3. The number of thiazole rings is 1. The van der Waals surface area contributed by atoms with E-state index in [-0.39, 0.29) is 24.1 Å². The highest BCUT2D eigenvalue weighted by Gasteiger charge is 2.35. The number of hydrogen-bond acceptors (Lipinski definition) is 4. The maximum atomic E-state index is 12.0. The molecular formula is C14H23N3O2S. The highest BCUT2D eigenvalue weighted by Crippen LogP contribution is 2.41. The van der Waals surface area contributed by atoms with Gasteiger partial charge in [0.25, 0.3) is 0 Å². The zero-order valence-corrected chi connectivity index (χ0v) is 12.9. The zero-order valence-electron chi connectivity index (χ0n) is 12.1. The number of hydrogen-bond donors (Lipinski definition) is 3. The molecule has 20 heavy (non-hydrogen) atoms. The van der Waals surface area contributed by atoms with Gasteiger partial charge in [0.2, 0.25) is 0 Å². The topological polar surface area (TPSA) is 74.2 Å². The Kier molecular flexibility index (Phi) is 4.99. The SMILES string of the molecule is CC(C)(CCO)CNC(=O)NC(c1nccs1)C1CC1. The van der Waals surface area contributed by atoms with Gasteiger partial charge in [-0.2, -0.15) is 0 Å². The highest BCUT2D eigenvalue weighted by molar-refractivity contribution is 7.09. The summed E-state index contributed by atoms with van der Waals surface area (Å²) in [4.78, 5) is 16.3. The Morgan fingerprint density at radius 2 is 2.35 bits per heavy atom. The number of aromatic nitrogens is 1. The van der Waals surface area contributed by atoms with E-state index in [4.69, 9.17) is 5.11 Å². The first-order valence-corrected chi connectivity index (χ1v) is 7.94. The molecule has 1 aliphatic rings. The third-order valence-corrected chi connectivity index (χ3v) is 4.47. The minimum absolute atomic E-state index is 0.0379. The van der Waals surface area contributed by atoms with E-state index in [9.17, 15) is 4.79 Å². The third-order valence-electron chi connectivity index (χ3n) is 3.61. The van der Waals surface area contributed by atoms with E-state index >= 15 is 0 Å². The lowest BCUT2D eigenvalue weighted by Gasteiger charge is -2.25. The zero-order chi connectivity index (χ0) is 14.6. The summed E-state index contributed by atoms with van der Waals surface area (Å²) in [6.07, 6.45) is 4.76. The number of rotatable bonds is 7. The van der Waals surface area contributed by atoms with E-state index in [2.05, 4.69) is 15.6 Å². The first-order valence-electron chi connectivity index (χ1n) is 7.06. The summed E-state index contributed by atoms with van der Waals surface area (Å²) >= 11 is 1.59. The summed E-state index contributed by atoms with van der Waals surface area (Å²) in [6, 6.07) is -0.112. The van der Waals surface area contributed by atoms with Crippen molar-refractivity contribution in [3.8, 4) is 0 Å². The Morgan fingerprint density at radius 3 is 2.90 bits per heavy atom. The van der Waals surface area contributed by atoms with Crippen molar-refractivity contribution in [2.75, 3.05) is 13.2 Å². The molecule has 1 aromatic rings. The number of aliphatic hydroxyl groups is 1. The smallest absolute Gasteiger partial charge is 0.315 e. The molecule has 0 aliphatic heterocycles. The van der Waals surface area contributed by atoms with Gasteiger partial charge in [0.15, 0.2) is 0 Å². The maximum absolute atomic E-state index is 12.0. The molecular weight excluding hydrogens is 274 g/mol. The fourth-order valence-corrected chi connectivity index (χ4v) is 2.88. The van der Waals surface area contributed by atoms with Crippen molar-refractivity contribution in [2.45, 2.75) is 39.2 Å². The molecule has 1 heterocycles. The van der Waals surface area contributed by atoms with E-state index in [1.165, 1.54) is 0 Å². The van der Waals surface area contributed by atoms with Gasteiger partial charge in [0.1, 0.15) is 5.01 Å². The van der Waals surface area contributed by atoms with Gasteiger partial charge in [-0.1, -0.05) is 13.8 Å². The number of carbonyl (C=O) groups excluding carboxylic acids is 1. The molecule has 1 unspecified atom stereocenters. The van der Waals surface area contributed by atoms with Gasteiger partial charge in [-0.3, -0.25) is 0 Å². The average molecular weight is 297 g/mol. The minimum Gasteiger partial charge on any atom is -0.396 e. The Bertz CT molecular complexity index is 430. The quantitative estimate of drug-likeness (QED) is 0.723. The van der Waals surface area contributed by atoms with Crippen LogP contribution >= 0.6 is 11.3 Å². The molecule has 2 rings (SSSR count). The lowest BCUT2D eigenvalue weighted by Crippen LogP contribution is -2.42. The predicted molar refractivity (Wildman–Crippen MR) is 79.6 cm³/mol. The van der Waals surface area contributed by atoms with Crippen LogP contribution in [0.1, 0.15) is 44.2 Å². The molecule has 0 bridgehead atoms. The molecule has 3 N–H and O–H groups in total. The van der Waals surface area contributed by atoms with E-state index in [0.717, 1.165) is 17.8 Å². The fraction of sp³-hybridized carbons (Fsp3) is 0.714. The molecule has 0 saturated heterocycles. The third kappa shape index (κ3) is 4.45. The van der Waals surface area contributed by atoms with E-state index < -0.39 is 0 Å². The lowest BCUT2D eigenvalue weighted by molar-refractivity contribution is 0.199. The lowest BCUT2D eigenvalue weighted by atomic mass is 9.90. The van der Waals surface area contributed by atoms with Crippen LogP contribution in [0.15, 0.2) is 11.6 Å². The number of carbonyl (C=O) groups is 1. The average Bonchev–Trinajstić information content (AvgIpc) is 3.08. The summed E-state index contributed by atoms with van der Waals surface area (Å²) < 4.78 is 0. The summed E-state index contributed by atoms with van der Waals surface area (Å²) in [5.74, 6) is 0.525. The van der Waals surface area contributed by atoms with E-state index in [0.29, 0.717) is 18.9 Å². The van der Waals surface area contributed by atoms with Crippen LogP contribution < -0.4 is 10.6 Å². The molecule has 1 atom stereocenters. The maximum Gasteiger partial charge on any atom is 0.315 e. The second kappa shape index (κ2) is 6.54. The van der Waals surface area contributed by atoms with Gasteiger partial charge < -0.3 is 15.7 Å². The molecule has 1 aliphatic carbocycles. The van der Waals surface area contributed by atoms with Gasteiger partial charge in [-0.25, -0.2) is 9.78 Å². The van der Waals surface area contributed by atoms with E-state index in [1.807, 2.05) is 19.2 Å². The number of urea groups is 1. The number of nitrogens with one attached hydrogen (secondary N) is 2. The van der Waals surface area contributed by atoms with Crippen molar-refractivity contribution in [2.24, 2.45) is 11.3 Å². The normalized spacial score (nSPS) is 16.8. The molecule has 1 aromatic heterocycles. The summed E-state index contributed by atoms with van der Waals surface area (Å²) in [5, 5.41) is 17.8. The second-order valence-corrected chi connectivity index (χ2v) is 7.08. The highest BCUT2D eigenvalue weighted by atomic mass is 32.1.